The molecule has 4 aliphatic rings. The van der Waals surface area contributed by atoms with E-state index in [1.807, 2.05) is 19.9 Å². The summed E-state index contributed by atoms with van der Waals surface area (Å²) in [6, 6.07) is 0. The van der Waals surface area contributed by atoms with Crippen LogP contribution in [0.1, 0.15) is 33.1 Å². The highest BCUT2D eigenvalue weighted by molar-refractivity contribution is 5.98. The highest BCUT2D eigenvalue weighted by Gasteiger charge is 2.62. The summed E-state index contributed by atoms with van der Waals surface area (Å²) in [4.78, 5) is 24.0. The van der Waals surface area contributed by atoms with E-state index in [2.05, 4.69) is 0 Å². The van der Waals surface area contributed by atoms with E-state index < -0.39 is 5.60 Å². The molecular formula is C14H18O4. The minimum absolute atomic E-state index is 0.0120. The Labute approximate surface area is 106 Å². The standard InChI is InChI=1S/C14H18O4/c1-3-17-11-7-10-8(2)6-9(11)13(16)14(10)5-4-12(15)18-14/h6,9-11H,3-5,7H2,1-2H3/t9-,10-,11-,14-/m1/s1. The summed E-state index contributed by atoms with van der Waals surface area (Å²) in [6.45, 7) is 4.58. The SMILES string of the molecule is CCO[C@@H]1C[C@@H]2C(C)=C[C@H]1C(=O)[C@@]21CCC(=O)O1. The Morgan fingerprint density at radius 2 is 2.28 bits per heavy atom. The molecule has 4 atom stereocenters. The number of fused-ring (bicyclic) bond motifs is 1. The molecule has 1 aliphatic heterocycles. The lowest BCUT2D eigenvalue weighted by Gasteiger charge is -2.49. The molecule has 0 aromatic carbocycles. The van der Waals surface area contributed by atoms with E-state index in [0.29, 0.717) is 19.4 Å². The first-order valence-corrected chi connectivity index (χ1v) is 6.64. The normalized spacial score (nSPS) is 42.3. The molecule has 1 spiro atoms. The first-order chi connectivity index (χ1) is 8.58. The lowest BCUT2D eigenvalue weighted by molar-refractivity contribution is -0.175. The van der Waals surface area contributed by atoms with Gasteiger partial charge in [-0.2, -0.15) is 0 Å². The van der Waals surface area contributed by atoms with Gasteiger partial charge in [0.25, 0.3) is 0 Å². The van der Waals surface area contributed by atoms with Gasteiger partial charge in [0.05, 0.1) is 12.0 Å². The number of carbonyl (C=O) groups excluding carboxylic acids is 2. The average Bonchev–Trinajstić information content (AvgIpc) is 2.71. The number of hydrogen-bond acceptors (Lipinski definition) is 4. The Morgan fingerprint density at radius 3 is 2.89 bits per heavy atom. The molecule has 0 amide bonds. The third-order valence-electron chi connectivity index (χ3n) is 4.52. The van der Waals surface area contributed by atoms with Crippen LogP contribution in [0.4, 0.5) is 0 Å². The van der Waals surface area contributed by atoms with Crippen molar-refractivity contribution in [2.75, 3.05) is 6.61 Å². The number of ketones is 1. The molecule has 4 rings (SSSR count). The topological polar surface area (TPSA) is 52.6 Å². The van der Waals surface area contributed by atoms with Crippen LogP contribution in [0.2, 0.25) is 0 Å². The van der Waals surface area contributed by atoms with Crippen molar-refractivity contribution in [2.45, 2.75) is 44.8 Å². The van der Waals surface area contributed by atoms with Crippen molar-refractivity contribution in [1.82, 2.24) is 0 Å². The van der Waals surface area contributed by atoms with Crippen molar-refractivity contribution in [1.29, 1.82) is 0 Å². The number of ether oxygens (including phenoxy) is 2. The number of esters is 1. The third-order valence-corrected chi connectivity index (χ3v) is 4.52. The lowest BCUT2D eigenvalue weighted by Crippen LogP contribution is -2.59. The molecule has 1 saturated heterocycles. The fourth-order valence-electron chi connectivity index (χ4n) is 3.73. The van der Waals surface area contributed by atoms with Gasteiger partial charge < -0.3 is 9.47 Å². The molecule has 1 heterocycles. The predicted octanol–water partition coefficient (Wildman–Crippen LogP) is 1.63. The Morgan fingerprint density at radius 1 is 1.50 bits per heavy atom. The van der Waals surface area contributed by atoms with Gasteiger partial charge in [-0.1, -0.05) is 11.6 Å². The molecule has 0 aromatic rings. The van der Waals surface area contributed by atoms with Crippen LogP contribution in [0.5, 0.6) is 0 Å². The Balaban J connectivity index is 1.97. The summed E-state index contributed by atoms with van der Waals surface area (Å²) >= 11 is 0. The number of Topliss-reactive ketones (excluding diaryl/α,β-unsaturated/α-hetero) is 1. The average molecular weight is 250 g/mol. The van der Waals surface area contributed by atoms with Crippen LogP contribution in [0.25, 0.3) is 0 Å². The van der Waals surface area contributed by atoms with Gasteiger partial charge in [0.1, 0.15) is 0 Å². The van der Waals surface area contributed by atoms with Crippen molar-refractivity contribution in [2.24, 2.45) is 11.8 Å². The molecule has 18 heavy (non-hydrogen) atoms. The molecule has 2 bridgehead atoms. The van der Waals surface area contributed by atoms with Crippen LogP contribution in [0.15, 0.2) is 11.6 Å². The number of carbonyl (C=O) groups is 2. The maximum Gasteiger partial charge on any atom is 0.306 e. The molecule has 0 aromatic heterocycles. The van der Waals surface area contributed by atoms with Crippen LogP contribution in [-0.2, 0) is 19.1 Å². The monoisotopic (exact) mass is 250 g/mol. The third kappa shape index (κ3) is 1.41. The quantitative estimate of drug-likeness (QED) is 0.552. The zero-order chi connectivity index (χ0) is 12.9. The van der Waals surface area contributed by atoms with Gasteiger partial charge in [0.15, 0.2) is 11.4 Å². The second-order valence-electron chi connectivity index (χ2n) is 5.45. The number of hydrogen-bond donors (Lipinski definition) is 0. The van der Waals surface area contributed by atoms with Gasteiger partial charge in [-0.15, -0.1) is 0 Å². The lowest BCUT2D eigenvalue weighted by atomic mass is 9.60. The minimum Gasteiger partial charge on any atom is -0.450 e. The van der Waals surface area contributed by atoms with Gasteiger partial charge in [-0.3, -0.25) is 9.59 Å². The molecule has 1 saturated carbocycles. The van der Waals surface area contributed by atoms with Crippen molar-refractivity contribution in [3.05, 3.63) is 11.6 Å². The van der Waals surface area contributed by atoms with Crippen molar-refractivity contribution < 1.29 is 19.1 Å². The van der Waals surface area contributed by atoms with Gasteiger partial charge in [0, 0.05) is 25.4 Å². The van der Waals surface area contributed by atoms with Crippen LogP contribution >= 0.6 is 0 Å². The minimum atomic E-state index is -0.867. The fourth-order valence-corrected chi connectivity index (χ4v) is 3.73. The Bertz CT molecular complexity index is 439. The largest absolute Gasteiger partial charge is 0.450 e. The Kier molecular flexibility index (Phi) is 2.59. The van der Waals surface area contributed by atoms with E-state index in [0.717, 1.165) is 6.42 Å². The highest BCUT2D eigenvalue weighted by Crippen LogP contribution is 2.51. The fraction of sp³-hybridized carbons (Fsp3) is 0.714. The summed E-state index contributed by atoms with van der Waals surface area (Å²) in [6.07, 6.45) is 3.66. The van der Waals surface area contributed by atoms with Gasteiger partial charge >= 0.3 is 5.97 Å². The van der Waals surface area contributed by atoms with E-state index in [1.54, 1.807) is 0 Å². The van der Waals surface area contributed by atoms with Gasteiger partial charge in [-0.05, 0) is 20.3 Å². The molecule has 4 nitrogen and oxygen atoms in total. The van der Waals surface area contributed by atoms with Crippen LogP contribution in [0, 0.1) is 11.8 Å². The van der Waals surface area contributed by atoms with Crippen molar-refractivity contribution in [3.8, 4) is 0 Å². The van der Waals surface area contributed by atoms with Gasteiger partial charge in [0.2, 0.25) is 0 Å². The van der Waals surface area contributed by atoms with Gasteiger partial charge in [-0.25, -0.2) is 0 Å². The maximum atomic E-state index is 12.6. The van der Waals surface area contributed by atoms with Crippen LogP contribution in [0.3, 0.4) is 0 Å². The summed E-state index contributed by atoms with van der Waals surface area (Å²) in [7, 11) is 0. The van der Waals surface area contributed by atoms with Crippen molar-refractivity contribution in [3.63, 3.8) is 0 Å². The van der Waals surface area contributed by atoms with E-state index >= 15 is 0 Å². The van der Waals surface area contributed by atoms with E-state index in [9.17, 15) is 9.59 Å². The first kappa shape index (κ1) is 11.9. The summed E-state index contributed by atoms with van der Waals surface area (Å²) < 4.78 is 11.1. The Hall–Kier alpha value is -1.16. The molecule has 0 unspecified atom stereocenters. The molecule has 0 N–H and O–H groups in total. The smallest absolute Gasteiger partial charge is 0.306 e. The van der Waals surface area contributed by atoms with Crippen LogP contribution < -0.4 is 0 Å². The predicted molar refractivity (Wildman–Crippen MR) is 63.8 cm³/mol. The summed E-state index contributed by atoms with van der Waals surface area (Å²) in [5.41, 5.74) is 0.305. The zero-order valence-electron chi connectivity index (χ0n) is 10.8. The van der Waals surface area contributed by atoms with E-state index in [4.69, 9.17) is 9.47 Å². The zero-order valence-corrected chi connectivity index (χ0v) is 10.8. The summed E-state index contributed by atoms with van der Waals surface area (Å²) in [5, 5.41) is 0. The molecule has 3 aliphatic carbocycles. The highest BCUT2D eigenvalue weighted by atomic mass is 16.6. The second kappa shape index (κ2) is 3.92. The van der Waals surface area contributed by atoms with Crippen molar-refractivity contribution >= 4 is 11.8 Å². The summed E-state index contributed by atoms with van der Waals surface area (Å²) in [5.74, 6) is -0.413. The van der Waals surface area contributed by atoms with Crippen LogP contribution in [-0.4, -0.2) is 30.1 Å². The molecule has 4 heteroatoms. The number of rotatable bonds is 2. The maximum absolute atomic E-state index is 12.6. The first-order valence-electron chi connectivity index (χ1n) is 6.64. The molecular weight excluding hydrogens is 232 g/mol. The van der Waals surface area contributed by atoms with E-state index in [-0.39, 0.29) is 29.7 Å². The van der Waals surface area contributed by atoms with E-state index in [1.165, 1.54) is 5.57 Å². The molecule has 0 radical (unpaired) electrons. The molecule has 98 valence electrons. The molecule has 2 fully saturated rings. The second-order valence-corrected chi connectivity index (χ2v) is 5.45.